The van der Waals surface area contributed by atoms with E-state index in [0.29, 0.717) is 6.42 Å². The van der Waals surface area contributed by atoms with E-state index in [1.807, 2.05) is 42.5 Å². The fourth-order valence-corrected chi connectivity index (χ4v) is 3.51. The number of hydrogen-bond acceptors (Lipinski definition) is 3. The lowest BCUT2D eigenvalue weighted by Crippen LogP contribution is -2.53. The van der Waals surface area contributed by atoms with Crippen LogP contribution in [0.2, 0.25) is 0 Å². The van der Waals surface area contributed by atoms with E-state index in [2.05, 4.69) is 44.5 Å². The molecule has 2 aromatic carbocycles. The molecule has 1 fully saturated rings. The second kappa shape index (κ2) is 7.98. The van der Waals surface area contributed by atoms with Crippen LogP contribution in [0.25, 0.3) is 0 Å². The van der Waals surface area contributed by atoms with Crippen LogP contribution in [0.5, 0.6) is 0 Å². The highest BCUT2D eigenvalue weighted by molar-refractivity contribution is 14.1. The quantitative estimate of drug-likeness (QED) is 0.732. The van der Waals surface area contributed by atoms with Crippen molar-refractivity contribution in [3.63, 3.8) is 0 Å². The Kier molecular flexibility index (Phi) is 5.73. The standard InChI is InChI=1S/C19H21IN2O2/c20-16-8-6-15(7-9-16)14-18(19(23)24)22-12-10-21(11-13-22)17-4-2-1-3-5-17/h1-9,18H,10-14H2,(H,23,24)/t18-/m0/s1. The smallest absolute Gasteiger partial charge is 0.321 e. The molecule has 0 spiro atoms. The third-order valence-electron chi connectivity index (χ3n) is 4.50. The maximum atomic E-state index is 11.8. The van der Waals surface area contributed by atoms with Gasteiger partial charge in [0.2, 0.25) is 0 Å². The highest BCUT2D eigenvalue weighted by Gasteiger charge is 2.29. The molecule has 0 saturated carbocycles. The third kappa shape index (κ3) is 4.27. The van der Waals surface area contributed by atoms with Gasteiger partial charge in [-0.05, 0) is 58.8 Å². The Balaban J connectivity index is 1.63. The molecule has 1 aliphatic rings. The Hall–Kier alpha value is -1.60. The Morgan fingerprint density at radius 1 is 1.00 bits per heavy atom. The van der Waals surface area contributed by atoms with Crippen LogP contribution < -0.4 is 4.90 Å². The number of benzene rings is 2. The normalized spacial score (nSPS) is 16.8. The molecule has 126 valence electrons. The predicted molar refractivity (Wildman–Crippen MR) is 105 cm³/mol. The maximum absolute atomic E-state index is 11.8. The molecule has 0 unspecified atom stereocenters. The Bertz CT molecular complexity index is 668. The summed E-state index contributed by atoms with van der Waals surface area (Å²) >= 11 is 2.26. The fourth-order valence-electron chi connectivity index (χ4n) is 3.15. The van der Waals surface area contributed by atoms with Crippen LogP contribution in [0.4, 0.5) is 5.69 Å². The number of para-hydroxylation sites is 1. The number of anilines is 1. The summed E-state index contributed by atoms with van der Waals surface area (Å²) in [6.45, 7) is 3.27. The first-order valence-corrected chi connectivity index (χ1v) is 9.22. The number of carboxylic acid groups (broad SMARTS) is 1. The number of halogens is 1. The zero-order valence-electron chi connectivity index (χ0n) is 13.4. The maximum Gasteiger partial charge on any atom is 0.321 e. The highest BCUT2D eigenvalue weighted by Crippen LogP contribution is 2.18. The molecule has 3 rings (SSSR count). The number of carbonyl (C=O) groups is 1. The Morgan fingerprint density at radius 2 is 1.62 bits per heavy atom. The van der Waals surface area contributed by atoms with Crippen molar-refractivity contribution in [1.82, 2.24) is 4.90 Å². The van der Waals surface area contributed by atoms with Gasteiger partial charge in [-0.2, -0.15) is 0 Å². The molecular formula is C19H21IN2O2. The van der Waals surface area contributed by atoms with E-state index >= 15 is 0 Å². The van der Waals surface area contributed by atoms with Crippen molar-refractivity contribution in [2.45, 2.75) is 12.5 Å². The van der Waals surface area contributed by atoms with E-state index in [9.17, 15) is 9.90 Å². The summed E-state index contributed by atoms with van der Waals surface area (Å²) in [6, 6.07) is 18.0. The number of carboxylic acids is 1. The monoisotopic (exact) mass is 436 g/mol. The number of hydrogen-bond donors (Lipinski definition) is 1. The molecule has 24 heavy (non-hydrogen) atoms. The molecule has 1 heterocycles. The van der Waals surface area contributed by atoms with Crippen molar-refractivity contribution in [1.29, 1.82) is 0 Å². The van der Waals surface area contributed by atoms with Gasteiger partial charge >= 0.3 is 5.97 Å². The molecular weight excluding hydrogens is 415 g/mol. The van der Waals surface area contributed by atoms with Gasteiger partial charge in [-0.15, -0.1) is 0 Å². The lowest BCUT2D eigenvalue weighted by atomic mass is 10.0. The summed E-state index contributed by atoms with van der Waals surface area (Å²) < 4.78 is 1.17. The molecule has 0 amide bonds. The number of nitrogens with zero attached hydrogens (tertiary/aromatic N) is 2. The highest BCUT2D eigenvalue weighted by atomic mass is 127. The van der Waals surface area contributed by atoms with Gasteiger partial charge < -0.3 is 10.0 Å². The summed E-state index contributed by atoms with van der Waals surface area (Å²) in [5.74, 6) is -0.735. The Labute approximate surface area is 156 Å². The molecule has 1 saturated heterocycles. The van der Waals surface area contributed by atoms with Gasteiger partial charge in [0.1, 0.15) is 6.04 Å². The Morgan fingerprint density at radius 3 is 2.21 bits per heavy atom. The number of piperazine rings is 1. The van der Waals surface area contributed by atoms with Crippen LogP contribution in [-0.4, -0.2) is 48.2 Å². The molecule has 1 aliphatic heterocycles. The lowest BCUT2D eigenvalue weighted by molar-refractivity contribution is -0.143. The minimum atomic E-state index is -0.735. The van der Waals surface area contributed by atoms with Gasteiger partial charge in [0.05, 0.1) is 0 Å². The molecule has 1 atom stereocenters. The van der Waals surface area contributed by atoms with Crippen LogP contribution in [0, 0.1) is 3.57 Å². The zero-order valence-corrected chi connectivity index (χ0v) is 15.6. The second-order valence-electron chi connectivity index (χ2n) is 6.04. The van der Waals surface area contributed by atoms with E-state index in [1.54, 1.807) is 0 Å². The van der Waals surface area contributed by atoms with Gasteiger partial charge in [-0.25, -0.2) is 0 Å². The van der Waals surface area contributed by atoms with Gasteiger partial charge in [0, 0.05) is 35.4 Å². The molecule has 0 aromatic heterocycles. The zero-order chi connectivity index (χ0) is 16.9. The molecule has 0 bridgehead atoms. The van der Waals surface area contributed by atoms with E-state index in [1.165, 1.54) is 9.26 Å². The summed E-state index contributed by atoms with van der Waals surface area (Å²) in [7, 11) is 0. The first-order valence-electron chi connectivity index (χ1n) is 8.15. The van der Waals surface area contributed by atoms with Crippen LogP contribution >= 0.6 is 22.6 Å². The van der Waals surface area contributed by atoms with Gasteiger partial charge in [-0.3, -0.25) is 9.69 Å². The van der Waals surface area contributed by atoms with Crippen LogP contribution in [0.15, 0.2) is 54.6 Å². The molecule has 5 heteroatoms. The van der Waals surface area contributed by atoms with Gasteiger partial charge in [0.15, 0.2) is 0 Å². The fraction of sp³-hybridized carbons (Fsp3) is 0.316. The van der Waals surface area contributed by atoms with Crippen molar-refractivity contribution in [3.8, 4) is 0 Å². The number of rotatable bonds is 5. The van der Waals surface area contributed by atoms with Crippen molar-refractivity contribution < 1.29 is 9.90 Å². The van der Waals surface area contributed by atoms with E-state index in [4.69, 9.17) is 0 Å². The van der Waals surface area contributed by atoms with E-state index in [0.717, 1.165) is 31.7 Å². The topological polar surface area (TPSA) is 43.8 Å². The van der Waals surface area contributed by atoms with Gasteiger partial charge in [0.25, 0.3) is 0 Å². The van der Waals surface area contributed by atoms with Crippen LogP contribution in [0.3, 0.4) is 0 Å². The van der Waals surface area contributed by atoms with Crippen LogP contribution in [-0.2, 0) is 11.2 Å². The van der Waals surface area contributed by atoms with E-state index in [-0.39, 0.29) is 0 Å². The second-order valence-corrected chi connectivity index (χ2v) is 7.29. The first kappa shape index (κ1) is 17.2. The lowest BCUT2D eigenvalue weighted by Gasteiger charge is -2.38. The SMILES string of the molecule is O=C(O)[C@H](Cc1ccc(I)cc1)N1CCN(c2ccccc2)CC1. The summed E-state index contributed by atoms with van der Waals surface area (Å²) in [6.07, 6.45) is 0.553. The van der Waals surface area contributed by atoms with Crippen molar-refractivity contribution in [3.05, 3.63) is 63.7 Å². The molecule has 4 nitrogen and oxygen atoms in total. The first-order chi connectivity index (χ1) is 11.6. The van der Waals surface area contributed by atoms with Crippen LogP contribution in [0.1, 0.15) is 5.56 Å². The average molecular weight is 436 g/mol. The van der Waals surface area contributed by atoms with Crippen molar-refractivity contribution in [2.75, 3.05) is 31.1 Å². The molecule has 0 radical (unpaired) electrons. The predicted octanol–water partition coefficient (Wildman–Crippen LogP) is 3.11. The summed E-state index contributed by atoms with van der Waals surface area (Å²) in [5.41, 5.74) is 2.29. The summed E-state index contributed by atoms with van der Waals surface area (Å²) in [4.78, 5) is 16.2. The average Bonchev–Trinajstić information content (AvgIpc) is 2.62. The number of aliphatic carboxylic acids is 1. The van der Waals surface area contributed by atoms with Crippen molar-refractivity contribution >= 4 is 34.2 Å². The third-order valence-corrected chi connectivity index (χ3v) is 5.22. The minimum absolute atomic E-state index is 0.456. The van der Waals surface area contributed by atoms with E-state index < -0.39 is 12.0 Å². The molecule has 0 aliphatic carbocycles. The summed E-state index contributed by atoms with van der Waals surface area (Å²) in [5, 5.41) is 9.67. The van der Waals surface area contributed by atoms with Crippen molar-refractivity contribution in [2.24, 2.45) is 0 Å². The van der Waals surface area contributed by atoms with Gasteiger partial charge in [-0.1, -0.05) is 30.3 Å². The largest absolute Gasteiger partial charge is 0.480 e. The molecule has 2 aromatic rings. The minimum Gasteiger partial charge on any atom is -0.480 e. The molecule has 1 N–H and O–H groups in total.